The second-order valence-corrected chi connectivity index (χ2v) is 7.52. The molecule has 2 amide bonds. The minimum atomic E-state index is -1.14. The molecule has 10 heteroatoms. The first-order chi connectivity index (χ1) is 13.4. The molecule has 4 N–H and O–H groups in total. The zero-order valence-corrected chi connectivity index (χ0v) is 16.0. The van der Waals surface area contributed by atoms with Crippen molar-refractivity contribution in [3.63, 3.8) is 0 Å². The molecule has 0 radical (unpaired) electrons. The standard InChI is InChI=1S/C18H16N2O6S2/c21-15(22)9-19-17(25)11-5-1-3-7-13(11)27-28-14-8-4-2-6-12(14)18(26)20-10-16(23)24/h1-8H,9-10H2,(H,19,25)(H,20,26)(H,21,22)(H,23,24). The van der Waals surface area contributed by atoms with Gasteiger partial charge in [0, 0.05) is 9.79 Å². The van der Waals surface area contributed by atoms with Crippen molar-refractivity contribution in [2.45, 2.75) is 9.79 Å². The number of hydrogen-bond donors (Lipinski definition) is 4. The zero-order valence-electron chi connectivity index (χ0n) is 14.4. The van der Waals surface area contributed by atoms with Crippen LogP contribution in [0.3, 0.4) is 0 Å². The van der Waals surface area contributed by atoms with Gasteiger partial charge in [-0.15, -0.1) is 0 Å². The summed E-state index contributed by atoms with van der Waals surface area (Å²) in [5.41, 5.74) is 0.628. The number of carboxylic acids is 2. The average molecular weight is 420 g/mol. The van der Waals surface area contributed by atoms with Crippen LogP contribution in [0.15, 0.2) is 58.3 Å². The van der Waals surface area contributed by atoms with Crippen molar-refractivity contribution in [3.8, 4) is 0 Å². The lowest BCUT2D eigenvalue weighted by Gasteiger charge is -2.11. The molecule has 146 valence electrons. The van der Waals surface area contributed by atoms with Crippen molar-refractivity contribution in [1.82, 2.24) is 10.6 Å². The summed E-state index contributed by atoms with van der Waals surface area (Å²) in [6, 6.07) is 13.4. The third kappa shape index (κ3) is 6.32. The summed E-state index contributed by atoms with van der Waals surface area (Å²) in [6.45, 7) is -0.977. The predicted octanol–water partition coefficient (Wildman–Crippen LogP) is 2.11. The molecule has 2 aromatic rings. The quantitative estimate of drug-likeness (QED) is 0.454. The lowest BCUT2D eigenvalue weighted by Crippen LogP contribution is -2.29. The van der Waals surface area contributed by atoms with Gasteiger partial charge in [0.05, 0.1) is 11.1 Å². The molecule has 28 heavy (non-hydrogen) atoms. The van der Waals surface area contributed by atoms with E-state index in [1.54, 1.807) is 48.5 Å². The molecule has 0 saturated carbocycles. The number of benzene rings is 2. The van der Waals surface area contributed by atoms with E-state index in [0.29, 0.717) is 20.9 Å². The van der Waals surface area contributed by atoms with Crippen molar-refractivity contribution in [3.05, 3.63) is 59.7 Å². The van der Waals surface area contributed by atoms with Crippen molar-refractivity contribution in [2.75, 3.05) is 13.1 Å². The molecule has 0 atom stereocenters. The van der Waals surface area contributed by atoms with Gasteiger partial charge in [-0.1, -0.05) is 45.9 Å². The SMILES string of the molecule is O=C(O)CNC(=O)c1ccccc1SSc1ccccc1C(=O)NCC(=O)O. The molecule has 2 rings (SSSR count). The highest BCUT2D eigenvalue weighted by Gasteiger charge is 2.16. The van der Waals surface area contributed by atoms with E-state index < -0.39 is 36.8 Å². The third-order valence-corrected chi connectivity index (χ3v) is 5.77. The van der Waals surface area contributed by atoms with Crippen LogP contribution in [-0.4, -0.2) is 47.1 Å². The summed E-state index contributed by atoms with van der Waals surface area (Å²) in [7, 11) is 2.46. The molecule has 0 aromatic heterocycles. The number of carbonyl (C=O) groups is 4. The molecule has 0 unspecified atom stereocenters. The fourth-order valence-corrected chi connectivity index (χ4v) is 4.41. The second kappa shape index (κ2) is 10.4. The summed E-state index contributed by atoms with van der Waals surface area (Å²) in [5, 5.41) is 22.0. The van der Waals surface area contributed by atoms with Crippen LogP contribution in [-0.2, 0) is 9.59 Å². The number of aliphatic carboxylic acids is 2. The van der Waals surface area contributed by atoms with Crippen LogP contribution in [0.25, 0.3) is 0 Å². The van der Waals surface area contributed by atoms with Gasteiger partial charge in [0.25, 0.3) is 11.8 Å². The van der Waals surface area contributed by atoms with Crippen molar-refractivity contribution in [2.24, 2.45) is 0 Å². The Hall–Kier alpha value is -2.98. The summed E-state index contributed by atoms with van der Waals surface area (Å²) in [6.07, 6.45) is 0. The number of hydrogen-bond acceptors (Lipinski definition) is 6. The minimum Gasteiger partial charge on any atom is -0.480 e. The highest BCUT2D eigenvalue weighted by atomic mass is 33.1. The number of amides is 2. The van der Waals surface area contributed by atoms with Gasteiger partial charge in [-0.05, 0) is 24.3 Å². The molecule has 0 aliphatic carbocycles. The molecule has 2 aromatic carbocycles. The summed E-state index contributed by atoms with van der Waals surface area (Å²) in [5.74, 6) is -3.32. The van der Waals surface area contributed by atoms with Crippen LogP contribution in [0, 0.1) is 0 Å². The van der Waals surface area contributed by atoms with Crippen LogP contribution in [0.5, 0.6) is 0 Å². The van der Waals surface area contributed by atoms with E-state index in [4.69, 9.17) is 10.2 Å². The molecule has 0 spiro atoms. The van der Waals surface area contributed by atoms with E-state index in [-0.39, 0.29) is 0 Å². The number of rotatable bonds is 9. The van der Waals surface area contributed by atoms with Crippen LogP contribution >= 0.6 is 21.6 Å². The predicted molar refractivity (Wildman–Crippen MR) is 105 cm³/mol. The van der Waals surface area contributed by atoms with Gasteiger partial charge >= 0.3 is 11.9 Å². The molecule has 0 bridgehead atoms. The Kier molecular flexibility index (Phi) is 7.90. The van der Waals surface area contributed by atoms with Gasteiger partial charge in [0.15, 0.2) is 0 Å². The van der Waals surface area contributed by atoms with E-state index in [2.05, 4.69) is 10.6 Å². The molecular formula is C18H16N2O6S2. The minimum absolute atomic E-state index is 0.314. The Balaban J connectivity index is 2.13. The zero-order chi connectivity index (χ0) is 20.5. The molecule has 0 aliphatic rings. The van der Waals surface area contributed by atoms with E-state index >= 15 is 0 Å². The molecule has 0 aliphatic heterocycles. The molecule has 8 nitrogen and oxygen atoms in total. The monoisotopic (exact) mass is 420 g/mol. The van der Waals surface area contributed by atoms with Gasteiger partial charge in [0.2, 0.25) is 0 Å². The average Bonchev–Trinajstić information content (AvgIpc) is 2.69. The van der Waals surface area contributed by atoms with E-state index in [9.17, 15) is 19.2 Å². The van der Waals surface area contributed by atoms with Crippen molar-refractivity contribution in [1.29, 1.82) is 0 Å². The topological polar surface area (TPSA) is 133 Å². The van der Waals surface area contributed by atoms with Gasteiger partial charge in [-0.2, -0.15) is 0 Å². The van der Waals surface area contributed by atoms with Crippen LogP contribution < -0.4 is 10.6 Å². The molecular weight excluding hydrogens is 404 g/mol. The van der Waals surface area contributed by atoms with Crippen molar-refractivity contribution < 1.29 is 29.4 Å². The lowest BCUT2D eigenvalue weighted by atomic mass is 10.2. The number of carboxylic acid groups (broad SMARTS) is 2. The maximum atomic E-state index is 12.2. The Morgan fingerprint density at radius 2 is 1.04 bits per heavy atom. The first-order valence-electron chi connectivity index (χ1n) is 7.91. The number of nitrogens with one attached hydrogen (secondary N) is 2. The molecule has 0 heterocycles. The van der Waals surface area contributed by atoms with Crippen LogP contribution in [0.2, 0.25) is 0 Å². The maximum Gasteiger partial charge on any atom is 0.322 e. The summed E-state index contributed by atoms with van der Waals surface area (Å²) in [4.78, 5) is 46.8. The lowest BCUT2D eigenvalue weighted by molar-refractivity contribution is -0.136. The molecule has 0 fully saturated rings. The summed E-state index contributed by atoms with van der Waals surface area (Å²) >= 11 is 0. The highest BCUT2D eigenvalue weighted by Crippen LogP contribution is 2.40. The fraction of sp³-hybridized carbons (Fsp3) is 0.111. The Labute approximate surface area is 168 Å². The van der Waals surface area contributed by atoms with Gasteiger partial charge in [0.1, 0.15) is 13.1 Å². The normalized spacial score (nSPS) is 10.1. The van der Waals surface area contributed by atoms with Crippen LogP contribution in [0.4, 0.5) is 0 Å². The first-order valence-corrected chi connectivity index (χ1v) is 10.1. The van der Waals surface area contributed by atoms with Gasteiger partial charge in [-0.25, -0.2) is 0 Å². The van der Waals surface area contributed by atoms with Crippen molar-refractivity contribution >= 4 is 45.3 Å². The Morgan fingerprint density at radius 3 is 1.39 bits per heavy atom. The van der Waals surface area contributed by atoms with Gasteiger partial charge < -0.3 is 20.8 Å². The Morgan fingerprint density at radius 1 is 0.679 bits per heavy atom. The first kappa shape index (κ1) is 21.3. The van der Waals surface area contributed by atoms with E-state index in [0.717, 1.165) is 0 Å². The highest BCUT2D eigenvalue weighted by molar-refractivity contribution is 8.76. The van der Waals surface area contributed by atoms with E-state index in [1.807, 2.05) is 0 Å². The smallest absolute Gasteiger partial charge is 0.322 e. The fourth-order valence-electron chi connectivity index (χ4n) is 2.05. The maximum absolute atomic E-state index is 12.2. The van der Waals surface area contributed by atoms with E-state index in [1.165, 1.54) is 21.6 Å². The molecule has 0 saturated heterocycles. The van der Waals surface area contributed by atoms with Gasteiger partial charge in [-0.3, -0.25) is 19.2 Å². The largest absolute Gasteiger partial charge is 0.480 e. The third-order valence-electron chi connectivity index (χ3n) is 3.28. The number of carbonyl (C=O) groups excluding carboxylic acids is 2. The second-order valence-electron chi connectivity index (χ2n) is 5.31. The summed E-state index contributed by atoms with van der Waals surface area (Å²) < 4.78 is 0. The Bertz CT molecular complexity index is 830. The van der Waals surface area contributed by atoms with Crippen LogP contribution in [0.1, 0.15) is 20.7 Å².